The van der Waals surface area contributed by atoms with Gasteiger partial charge in [0.25, 0.3) is 0 Å². The zero-order valence-electron chi connectivity index (χ0n) is 14.0. The Hall–Kier alpha value is -2.30. The third kappa shape index (κ3) is 4.41. The molecule has 0 spiro atoms. The summed E-state index contributed by atoms with van der Waals surface area (Å²) in [5, 5.41) is 4.38. The molecular formula is C19H18Cl2N4. The maximum Gasteiger partial charge on any atom is 0.161 e. The van der Waals surface area contributed by atoms with E-state index in [-0.39, 0.29) is 0 Å². The second-order valence-electron chi connectivity index (χ2n) is 5.81. The van der Waals surface area contributed by atoms with Crippen LogP contribution in [0.4, 0.5) is 11.5 Å². The van der Waals surface area contributed by atoms with Crippen LogP contribution in [0.15, 0.2) is 54.7 Å². The summed E-state index contributed by atoms with van der Waals surface area (Å²) in [6.45, 7) is 0.604. The van der Waals surface area contributed by atoms with E-state index in [9.17, 15) is 0 Å². The van der Waals surface area contributed by atoms with E-state index < -0.39 is 0 Å². The summed E-state index contributed by atoms with van der Waals surface area (Å²) < 4.78 is 0. The van der Waals surface area contributed by atoms with Crippen molar-refractivity contribution in [3.8, 4) is 11.4 Å². The molecule has 0 unspecified atom stereocenters. The highest BCUT2D eigenvalue weighted by atomic mass is 35.5. The molecule has 2 aromatic carbocycles. The largest absolute Gasteiger partial charge is 0.378 e. The molecule has 3 aromatic rings. The van der Waals surface area contributed by atoms with Gasteiger partial charge >= 0.3 is 0 Å². The van der Waals surface area contributed by atoms with Crippen LogP contribution in [0, 0.1) is 0 Å². The van der Waals surface area contributed by atoms with E-state index in [1.54, 1.807) is 12.3 Å². The lowest BCUT2D eigenvalue weighted by Crippen LogP contribution is -2.08. The first kappa shape index (κ1) is 17.5. The monoisotopic (exact) mass is 372 g/mol. The summed E-state index contributed by atoms with van der Waals surface area (Å²) in [4.78, 5) is 11.0. The highest BCUT2D eigenvalue weighted by molar-refractivity contribution is 6.42. The lowest BCUT2D eigenvalue weighted by atomic mass is 10.2. The molecule has 0 bridgehead atoms. The Kier molecular flexibility index (Phi) is 5.41. The van der Waals surface area contributed by atoms with E-state index in [4.69, 9.17) is 23.2 Å². The molecule has 0 aliphatic rings. The Morgan fingerprint density at radius 2 is 1.72 bits per heavy atom. The van der Waals surface area contributed by atoms with Crippen LogP contribution in [0.3, 0.4) is 0 Å². The number of halogens is 2. The van der Waals surface area contributed by atoms with Crippen LogP contribution >= 0.6 is 23.2 Å². The first-order valence-electron chi connectivity index (χ1n) is 7.81. The van der Waals surface area contributed by atoms with Crippen molar-refractivity contribution in [3.05, 3.63) is 70.3 Å². The quantitative estimate of drug-likeness (QED) is 0.673. The van der Waals surface area contributed by atoms with Gasteiger partial charge in [0.15, 0.2) is 5.82 Å². The lowest BCUT2D eigenvalue weighted by Gasteiger charge is -2.12. The molecule has 1 N–H and O–H groups in total. The Balaban J connectivity index is 1.73. The van der Waals surface area contributed by atoms with Crippen LogP contribution in [-0.4, -0.2) is 24.1 Å². The van der Waals surface area contributed by atoms with Crippen molar-refractivity contribution in [2.75, 3.05) is 24.3 Å². The number of hydrogen-bond donors (Lipinski definition) is 1. The minimum atomic E-state index is 0.547. The van der Waals surface area contributed by atoms with Crippen molar-refractivity contribution in [2.45, 2.75) is 6.54 Å². The van der Waals surface area contributed by atoms with Crippen molar-refractivity contribution < 1.29 is 0 Å². The smallest absolute Gasteiger partial charge is 0.161 e. The van der Waals surface area contributed by atoms with E-state index in [0.717, 1.165) is 22.6 Å². The number of nitrogens with zero attached hydrogens (tertiary/aromatic N) is 3. The van der Waals surface area contributed by atoms with Gasteiger partial charge in [0.2, 0.25) is 0 Å². The van der Waals surface area contributed by atoms with Gasteiger partial charge in [-0.1, -0.05) is 29.3 Å². The SMILES string of the molecule is CN(C)c1ccc(-c2nccc(NCc3ccc(Cl)c(Cl)c3)n2)cc1. The summed E-state index contributed by atoms with van der Waals surface area (Å²) in [7, 11) is 4.03. The number of anilines is 2. The molecule has 0 aliphatic heterocycles. The second-order valence-corrected chi connectivity index (χ2v) is 6.62. The van der Waals surface area contributed by atoms with Gasteiger partial charge in [-0.15, -0.1) is 0 Å². The van der Waals surface area contributed by atoms with Gasteiger partial charge in [-0.05, 0) is 48.0 Å². The normalized spacial score (nSPS) is 10.6. The predicted octanol–water partition coefficient (Wildman–Crippen LogP) is 5.13. The number of nitrogens with one attached hydrogen (secondary N) is 1. The summed E-state index contributed by atoms with van der Waals surface area (Å²) in [5.74, 6) is 1.44. The van der Waals surface area contributed by atoms with Gasteiger partial charge in [-0.25, -0.2) is 9.97 Å². The fraction of sp³-hybridized carbons (Fsp3) is 0.158. The zero-order valence-corrected chi connectivity index (χ0v) is 15.5. The van der Waals surface area contributed by atoms with Gasteiger partial charge in [0.1, 0.15) is 5.82 Å². The molecule has 4 nitrogen and oxygen atoms in total. The third-order valence-corrected chi connectivity index (χ3v) is 4.49. The molecule has 0 atom stereocenters. The van der Waals surface area contributed by atoms with Crippen molar-refractivity contribution in [2.24, 2.45) is 0 Å². The fourth-order valence-corrected chi connectivity index (χ4v) is 2.67. The van der Waals surface area contributed by atoms with Crippen molar-refractivity contribution in [1.29, 1.82) is 0 Å². The predicted molar refractivity (Wildman–Crippen MR) is 106 cm³/mol. The summed E-state index contributed by atoms with van der Waals surface area (Å²) in [6, 6.07) is 15.6. The van der Waals surface area contributed by atoms with E-state index in [1.807, 2.05) is 44.4 Å². The van der Waals surface area contributed by atoms with Crippen LogP contribution in [0.5, 0.6) is 0 Å². The highest BCUT2D eigenvalue weighted by Gasteiger charge is 2.05. The van der Waals surface area contributed by atoms with Gasteiger partial charge in [0, 0.05) is 38.1 Å². The molecule has 0 fully saturated rings. The third-order valence-electron chi connectivity index (χ3n) is 3.76. The molecule has 6 heteroatoms. The summed E-state index contributed by atoms with van der Waals surface area (Å²) in [6.07, 6.45) is 1.75. The molecule has 1 heterocycles. The van der Waals surface area contributed by atoms with Gasteiger partial charge in [-0.3, -0.25) is 0 Å². The van der Waals surface area contributed by atoms with E-state index >= 15 is 0 Å². The van der Waals surface area contributed by atoms with E-state index in [2.05, 4.69) is 32.3 Å². The average molecular weight is 373 g/mol. The minimum Gasteiger partial charge on any atom is -0.378 e. The lowest BCUT2D eigenvalue weighted by molar-refractivity contribution is 1.08. The van der Waals surface area contributed by atoms with Crippen LogP contribution in [0.1, 0.15) is 5.56 Å². The number of hydrogen-bond acceptors (Lipinski definition) is 4. The molecule has 25 heavy (non-hydrogen) atoms. The first-order chi connectivity index (χ1) is 12.0. The standard InChI is InChI=1S/C19H18Cl2N4/c1-25(2)15-6-4-14(5-7-15)19-22-10-9-18(24-19)23-12-13-3-8-16(20)17(21)11-13/h3-11H,12H2,1-2H3,(H,22,23,24). The van der Waals surface area contributed by atoms with Crippen LogP contribution < -0.4 is 10.2 Å². The van der Waals surface area contributed by atoms with E-state index in [0.29, 0.717) is 22.4 Å². The summed E-state index contributed by atoms with van der Waals surface area (Å²) >= 11 is 12.0. The van der Waals surface area contributed by atoms with Gasteiger partial charge in [-0.2, -0.15) is 0 Å². The topological polar surface area (TPSA) is 41.1 Å². The molecule has 0 saturated carbocycles. The molecule has 128 valence electrons. The van der Waals surface area contributed by atoms with E-state index in [1.165, 1.54) is 0 Å². The molecule has 0 radical (unpaired) electrons. The molecule has 0 aliphatic carbocycles. The fourth-order valence-electron chi connectivity index (χ4n) is 2.35. The second kappa shape index (κ2) is 7.72. The van der Waals surface area contributed by atoms with Gasteiger partial charge in [0.05, 0.1) is 10.0 Å². The maximum absolute atomic E-state index is 6.05. The number of aromatic nitrogens is 2. The Morgan fingerprint density at radius 1 is 0.960 bits per heavy atom. The van der Waals surface area contributed by atoms with Crippen molar-refractivity contribution in [1.82, 2.24) is 9.97 Å². The van der Waals surface area contributed by atoms with Crippen LogP contribution in [0.2, 0.25) is 10.0 Å². The van der Waals surface area contributed by atoms with Crippen LogP contribution in [-0.2, 0) is 6.54 Å². The zero-order chi connectivity index (χ0) is 17.8. The average Bonchev–Trinajstić information content (AvgIpc) is 2.63. The van der Waals surface area contributed by atoms with Crippen molar-refractivity contribution >= 4 is 34.7 Å². The van der Waals surface area contributed by atoms with Crippen LogP contribution in [0.25, 0.3) is 11.4 Å². The summed E-state index contributed by atoms with van der Waals surface area (Å²) in [5.41, 5.74) is 3.14. The van der Waals surface area contributed by atoms with Crippen molar-refractivity contribution in [3.63, 3.8) is 0 Å². The Morgan fingerprint density at radius 3 is 2.40 bits per heavy atom. The minimum absolute atomic E-state index is 0.547. The molecule has 1 aromatic heterocycles. The first-order valence-corrected chi connectivity index (χ1v) is 8.57. The molecular weight excluding hydrogens is 355 g/mol. The Bertz CT molecular complexity index is 864. The Labute approximate surface area is 157 Å². The molecule has 0 amide bonds. The van der Waals surface area contributed by atoms with Gasteiger partial charge < -0.3 is 10.2 Å². The maximum atomic E-state index is 6.05. The number of rotatable bonds is 5. The highest BCUT2D eigenvalue weighted by Crippen LogP contribution is 2.23. The number of benzene rings is 2. The molecule has 3 rings (SSSR count). The molecule has 0 saturated heterocycles.